The number of halogens is 1. The molecule has 0 radical (unpaired) electrons. The van der Waals surface area contributed by atoms with Crippen LogP contribution >= 0.6 is 0 Å². The first kappa shape index (κ1) is 16.8. The Kier molecular flexibility index (Phi) is 4.51. The second-order valence-corrected chi connectivity index (χ2v) is 6.56. The van der Waals surface area contributed by atoms with Crippen LogP contribution in [0.5, 0.6) is 5.75 Å². The van der Waals surface area contributed by atoms with Crippen LogP contribution in [0.15, 0.2) is 36.4 Å². The number of hydrogen-bond acceptors (Lipinski definition) is 4. The van der Waals surface area contributed by atoms with Crippen molar-refractivity contribution < 1.29 is 9.13 Å². The van der Waals surface area contributed by atoms with E-state index in [-0.39, 0.29) is 5.82 Å². The van der Waals surface area contributed by atoms with Gasteiger partial charge in [-0.2, -0.15) is 0 Å². The summed E-state index contributed by atoms with van der Waals surface area (Å²) < 4.78 is 20.0. The quantitative estimate of drug-likeness (QED) is 0.779. The molecule has 1 aliphatic heterocycles. The summed E-state index contributed by atoms with van der Waals surface area (Å²) in [6, 6.07) is 11.1. The number of nitrogens with zero attached hydrogens (tertiary/aromatic N) is 3. The molecule has 0 unspecified atom stereocenters. The number of fused-ring (bicyclic) bond motifs is 1. The maximum absolute atomic E-state index is 14.7. The third kappa shape index (κ3) is 3.12. The van der Waals surface area contributed by atoms with E-state index in [1.54, 1.807) is 13.2 Å². The van der Waals surface area contributed by atoms with Crippen molar-refractivity contribution in [3.63, 3.8) is 0 Å². The molecule has 0 bridgehead atoms. The number of imidazole rings is 1. The number of piperazine rings is 1. The summed E-state index contributed by atoms with van der Waals surface area (Å²) >= 11 is 0. The fourth-order valence-electron chi connectivity index (χ4n) is 3.47. The van der Waals surface area contributed by atoms with Crippen LogP contribution in [0, 0.1) is 5.82 Å². The number of likely N-dealkylation sites (N-methyl/N-ethyl adjacent to an activating group) is 1. The minimum Gasteiger partial charge on any atom is -0.497 e. The number of methoxy groups -OCH3 is 1. The molecule has 0 amide bonds. The normalized spacial score (nSPS) is 15.6. The molecule has 2 aromatic carbocycles. The summed E-state index contributed by atoms with van der Waals surface area (Å²) in [4.78, 5) is 12.4. The van der Waals surface area contributed by atoms with Gasteiger partial charge in [0.15, 0.2) is 0 Å². The number of hydrogen-bond donors (Lipinski definition) is 1. The third-order valence-corrected chi connectivity index (χ3v) is 5.05. The van der Waals surface area contributed by atoms with Gasteiger partial charge in [-0.1, -0.05) is 19.1 Å². The average Bonchev–Trinajstić information content (AvgIpc) is 3.10. The fraction of sp³-hybridized carbons (Fsp3) is 0.350. The van der Waals surface area contributed by atoms with Gasteiger partial charge >= 0.3 is 0 Å². The van der Waals surface area contributed by atoms with Gasteiger partial charge in [-0.3, -0.25) is 0 Å². The zero-order chi connectivity index (χ0) is 18.1. The van der Waals surface area contributed by atoms with E-state index in [4.69, 9.17) is 4.74 Å². The number of ether oxygens (including phenoxy) is 1. The summed E-state index contributed by atoms with van der Waals surface area (Å²) in [5.41, 5.74) is 3.03. The van der Waals surface area contributed by atoms with Gasteiger partial charge in [-0.15, -0.1) is 0 Å². The molecule has 1 aromatic heterocycles. The Balaban J connectivity index is 1.66. The molecule has 0 atom stereocenters. The number of aromatic amines is 1. The minimum absolute atomic E-state index is 0.205. The third-order valence-electron chi connectivity index (χ3n) is 5.05. The molecule has 1 fully saturated rings. The van der Waals surface area contributed by atoms with Crippen LogP contribution < -0.4 is 9.64 Å². The first-order valence-electron chi connectivity index (χ1n) is 8.99. The lowest BCUT2D eigenvalue weighted by Crippen LogP contribution is -2.46. The van der Waals surface area contributed by atoms with Gasteiger partial charge in [0.2, 0.25) is 0 Å². The highest BCUT2D eigenvalue weighted by Crippen LogP contribution is 2.29. The van der Waals surface area contributed by atoms with Gasteiger partial charge < -0.3 is 19.5 Å². The molecule has 3 aromatic rings. The highest BCUT2D eigenvalue weighted by Gasteiger charge is 2.20. The van der Waals surface area contributed by atoms with Crippen LogP contribution in [0.25, 0.3) is 22.4 Å². The lowest BCUT2D eigenvalue weighted by Gasteiger charge is -2.35. The molecule has 1 saturated heterocycles. The summed E-state index contributed by atoms with van der Waals surface area (Å²) in [6.07, 6.45) is 0. The highest BCUT2D eigenvalue weighted by molar-refractivity contribution is 5.83. The first-order valence-corrected chi connectivity index (χ1v) is 8.99. The van der Waals surface area contributed by atoms with Crippen molar-refractivity contribution in [3.05, 3.63) is 42.2 Å². The molecular formula is C20H23FN4O. The van der Waals surface area contributed by atoms with Crippen molar-refractivity contribution in [2.75, 3.05) is 44.7 Å². The number of H-pyrrole nitrogens is 1. The van der Waals surface area contributed by atoms with Crippen LogP contribution in [0.3, 0.4) is 0 Å². The Morgan fingerprint density at radius 3 is 2.69 bits per heavy atom. The van der Waals surface area contributed by atoms with Gasteiger partial charge in [-0.25, -0.2) is 9.37 Å². The van der Waals surface area contributed by atoms with Gasteiger partial charge in [0, 0.05) is 37.8 Å². The van der Waals surface area contributed by atoms with E-state index in [9.17, 15) is 4.39 Å². The molecule has 5 nitrogen and oxygen atoms in total. The van der Waals surface area contributed by atoms with Crippen LogP contribution in [-0.2, 0) is 0 Å². The smallest absolute Gasteiger partial charge is 0.148 e. The zero-order valence-corrected chi connectivity index (χ0v) is 15.1. The predicted octanol–water partition coefficient (Wildman–Crippen LogP) is 3.52. The predicted molar refractivity (Wildman–Crippen MR) is 102 cm³/mol. The molecule has 2 heterocycles. The van der Waals surface area contributed by atoms with Crippen molar-refractivity contribution >= 4 is 16.7 Å². The van der Waals surface area contributed by atoms with Crippen LogP contribution in [0.1, 0.15) is 6.92 Å². The minimum atomic E-state index is -0.205. The van der Waals surface area contributed by atoms with Crippen LogP contribution in [0.4, 0.5) is 10.1 Å². The molecule has 1 N–H and O–H groups in total. The largest absolute Gasteiger partial charge is 0.497 e. The number of anilines is 1. The Hall–Kier alpha value is -2.60. The Labute approximate surface area is 152 Å². The van der Waals surface area contributed by atoms with Crippen molar-refractivity contribution in [3.8, 4) is 17.1 Å². The standard InChI is InChI=1S/C20H23FN4O/c1-3-24-7-9-25(10-8-24)19-13-18-17(12-16(19)21)22-20(23-18)14-5-4-6-15(11-14)26-2/h4-6,11-13H,3,7-10H2,1-2H3,(H,22,23). The van der Waals surface area contributed by atoms with E-state index < -0.39 is 0 Å². The number of nitrogens with one attached hydrogen (secondary N) is 1. The van der Waals surface area contributed by atoms with E-state index in [1.807, 2.05) is 30.3 Å². The molecule has 1 aliphatic rings. The fourth-order valence-corrected chi connectivity index (χ4v) is 3.47. The van der Waals surface area contributed by atoms with Crippen LogP contribution in [0.2, 0.25) is 0 Å². The van der Waals surface area contributed by atoms with Crippen molar-refractivity contribution in [1.82, 2.24) is 14.9 Å². The van der Waals surface area contributed by atoms with E-state index in [0.717, 1.165) is 49.6 Å². The summed E-state index contributed by atoms with van der Waals surface area (Å²) in [6.45, 7) is 6.80. The summed E-state index contributed by atoms with van der Waals surface area (Å²) in [7, 11) is 1.64. The van der Waals surface area contributed by atoms with Crippen molar-refractivity contribution in [2.45, 2.75) is 6.92 Å². The van der Waals surface area contributed by atoms with Crippen molar-refractivity contribution in [1.29, 1.82) is 0 Å². The molecular weight excluding hydrogens is 331 g/mol. The Bertz CT molecular complexity index is 915. The SMILES string of the molecule is CCN1CCN(c2cc3nc(-c4cccc(OC)c4)[nH]c3cc2F)CC1. The summed E-state index contributed by atoms with van der Waals surface area (Å²) in [5.74, 6) is 1.28. The number of rotatable bonds is 4. The van der Waals surface area contributed by atoms with Crippen molar-refractivity contribution in [2.24, 2.45) is 0 Å². The van der Waals surface area contributed by atoms with E-state index >= 15 is 0 Å². The maximum Gasteiger partial charge on any atom is 0.148 e. The first-order chi connectivity index (χ1) is 12.7. The van der Waals surface area contributed by atoms with E-state index in [0.29, 0.717) is 17.0 Å². The topological polar surface area (TPSA) is 44.4 Å². The molecule has 26 heavy (non-hydrogen) atoms. The molecule has 0 spiro atoms. The average molecular weight is 354 g/mol. The summed E-state index contributed by atoms with van der Waals surface area (Å²) in [5, 5.41) is 0. The lowest BCUT2D eigenvalue weighted by molar-refractivity contribution is 0.270. The second-order valence-electron chi connectivity index (χ2n) is 6.56. The molecule has 6 heteroatoms. The van der Waals surface area contributed by atoms with Gasteiger partial charge in [0.25, 0.3) is 0 Å². The maximum atomic E-state index is 14.7. The Morgan fingerprint density at radius 1 is 1.15 bits per heavy atom. The lowest BCUT2D eigenvalue weighted by atomic mass is 10.2. The monoisotopic (exact) mass is 354 g/mol. The van der Waals surface area contributed by atoms with Gasteiger partial charge in [0.05, 0.1) is 23.8 Å². The van der Waals surface area contributed by atoms with Crippen LogP contribution in [-0.4, -0.2) is 54.7 Å². The van der Waals surface area contributed by atoms with Gasteiger partial charge in [-0.05, 0) is 24.7 Å². The Morgan fingerprint density at radius 2 is 1.96 bits per heavy atom. The molecule has 4 rings (SSSR count). The molecule has 0 saturated carbocycles. The van der Waals surface area contributed by atoms with E-state index in [1.165, 1.54) is 0 Å². The molecule has 136 valence electrons. The second kappa shape index (κ2) is 6.96. The van der Waals surface area contributed by atoms with Gasteiger partial charge in [0.1, 0.15) is 17.4 Å². The molecule has 0 aliphatic carbocycles. The highest BCUT2D eigenvalue weighted by atomic mass is 19.1. The number of aromatic nitrogens is 2. The number of benzene rings is 2. The zero-order valence-electron chi connectivity index (χ0n) is 15.1. The van der Waals surface area contributed by atoms with E-state index in [2.05, 4.69) is 26.7 Å².